The van der Waals surface area contributed by atoms with Gasteiger partial charge >= 0.3 is 0 Å². The molecule has 33 valence electrons. The first-order valence-corrected chi connectivity index (χ1v) is 1.63. The minimum atomic E-state index is -0.287. The highest BCUT2D eigenvalue weighted by atomic mass is 16.5. The molecule has 0 bridgehead atoms. The normalized spacial score (nSPS) is 12.8. The molecule has 0 aliphatic carbocycles. The smallest absolute Gasteiger partial charge is 0.117 e. The molecule has 0 heterocycles. The molecular weight excluding hydrogens is 76.1 g/mol. The number of terminal acetylenes is 1. The van der Waals surface area contributed by atoms with E-state index in [1.165, 1.54) is 7.11 Å². The molecule has 0 amide bonds. The minimum absolute atomic E-state index is 0.287. The van der Waals surface area contributed by atoms with Crippen molar-refractivity contribution >= 4 is 0 Å². The molecule has 0 aromatic heterocycles. The molecule has 0 fully saturated rings. The van der Waals surface area contributed by atoms with E-state index in [0.717, 1.165) is 0 Å². The van der Waals surface area contributed by atoms with Gasteiger partial charge in [0.25, 0.3) is 0 Å². The maximum atomic E-state index is 4.85. The van der Waals surface area contributed by atoms with Gasteiger partial charge in [0, 0.05) is 7.11 Å². The zero-order valence-corrected chi connectivity index (χ0v) is 3.77. The number of rotatable bonds is 1. The fourth-order valence-electron chi connectivity index (χ4n) is 0.0680. The van der Waals surface area contributed by atoms with Gasteiger partial charge in [0.15, 0.2) is 0 Å². The van der Waals surface area contributed by atoms with Crippen molar-refractivity contribution in [1.82, 2.24) is 0 Å². The molecule has 0 aliphatic heterocycles. The van der Waals surface area contributed by atoms with Crippen molar-refractivity contribution in [2.24, 2.45) is 0 Å². The highest BCUT2D eigenvalue weighted by Crippen LogP contribution is 1.77. The molecule has 0 saturated carbocycles. The quantitative estimate of drug-likeness (QED) is 0.419. The van der Waals surface area contributed by atoms with Crippen molar-refractivity contribution in [3.63, 3.8) is 0 Å². The Morgan fingerprint density at radius 3 is 2.50 bits per heavy atom. The number of hydrogen-bond donors (Lipinski definition) is 0. The van der Waals surface area contributed by atoms with Crippen LogP contribution in [-0.2, 0) is 4.74 Å². The molecule has 0 aromatic rings. The third kappa shape index (κ3) is 1.80. The van der Waals surface area contributed by atoms with Crippen LogP contribution in [0, 0.1) is 19.3 Å². The van der Waals surface area contributed by atoms with Crippen molar-refractivity contribution in [2.45, 2.75) is 6.10 Å². The van der Waals surface area contributed by atoms with Gasteiger partial charge in [0.05, 0.1) is 0 Å². The van der Waals surface area contributed by atoms with Crippen molar-refractivity contribution in [1.29, 1.82) is 0 Å². The molecule has 6 heavy (non-hydrogen) atoms. The van der Waals surface area contributed by atoms with E-state index >= 15 is 0 Å². The average Bonchev–Trinajstić information content (AvgIpc) is 1.65. The highest BCUT2D eigenvalue weighted by Gasteiger charge is 1.84. The van der Waals surface area contributed by atoms with E-state index in [1.807, 2.05) is 0 Å². The molecule has 0 aromatic carbocycles. The summed E-state index contributed by atoms with van der Waals surface area (Å²) in [6.45, 7) is 3.42. The van der Waals surface area contributed by atoms with Crippen LogP contribution >= 0.6 is 0 Å². The summed E-state index contributed by atoms with van der Waals surface area (Å²) >= 11 is 0. The summed E-state index contributed by atoms with van der Waals surface area (Å²) in [7, 11) is 1.53. The van der Waals surface area contributed by atoms with Crippen molar-refractivity contribution < 1.29 is 4.74 Å². The second kappa shape index (κ2) is 2.74. The molecule has 1 unspecified atom stereocenters. The van der Waals surface area contributed by atoms with E-state index in [9.17, 15) is 0 Å². The largest absolute Gasteiger partial charge is 0.369 e. The van der Waals surface area contributed by atoms with Crippen LogP contribution in [0.4, 0.5) is 0 Å². The lowest BCUT2D eigenvalue weighted by Gasteiger charge is -1.94. The predicted octanol–water partition coefficient (Wildman–Crippen LogP) is 0.469. The predicted molar refractivity (Wildman–Crippen MR) is 25.0 cm³/mol. The summed E-state index contributed by atoms with van der Waals surface area (Å²) in [4.78, 5) is 0. The van der Waals surface area contributed by atoms with Crippen LogP contribution in [0.1, 0.15) is 0 Å². The van der Waals surface area contributed by atoms with Gasteiger partial charge in [0.2, 0.25) is 0 Å². The second-order valence-corrected chi connectivity index (χ2v) is 0.891. The van der Waals surface area contributed by atoms with E-state index in [0.29, 0.717) is 0 Å². The number of ether oxygens (including phenoxy) is 1. The Labute approximate surface area is 38.3 Å². The minimum Gasteiger partial charge on any atom is -0.369 e. The van der Waals surface area contributed by atoms with Gasteiger partial charge in [-0.15, -0.1) is 6.42 Å². The Kier molecular flexibility index (Phi) is 2.52. The number of hydrogen-bond acceptors (Lipinski definition) is 1. The summed E-state index contributed by atoms with van der Waals surface area (Å²) in [5.41, 5.74) is 0. The average molecular weight is 83.1 g/mol. The molecular formula is C5H7O. The van der Waals surface area contributed by atoms with Crippen LogP contribution in [0.25, 0.3) is 0 Å². The molecule has 0 rings (SSSR count). The second-order valence-electron chi connectivity index (χ2n) is 0.891. The van der Waals surface area contributed by atoms with E-state index in [2.05, 4.69) is 17.6 Å². The molecule has 1 atom stereocenters. The Morgan fingerprint density at radius 2 is 2.50 bits per heavy atom. The van der Waals surface area contributed by atoms with Crippen LogP contribution in [0.3, 0.4) is 0 Å². The Morgan fingerprint density at radius 1 is 2.00 bits per heavy atom. The van der Waals surface area contributed by atoms with Gasteiger partial charge in [-0.1, -0.05) is 5.92 Å². The molecule has 1 nitrogen and oxygen atoms in total. The molecule has 1 radical (unpaired) electrons. The van der Waals surface area contributed by atoms with Gasteiger partial charge in [-0.3, -0.25) is 0 Å². The third-order valence-electron chi connectivity index (χ3n) is 0.470. The summed E-state index contributed by atoms with van der Waals surface area (Å²) in [5.74, 6) is 2.28. The zero-order valence-electron chi connectivity index (χ0n) is 3.77. The van der Waals surface area contributed by atoms with Crippen molar-refractivity contribution in [3.05, 3.63) is 6.92 Å². The first-order valence-electron chi connectivity index (χ1n) is 1.63. The van der Waals surface area contributed by atoms with Gasteiger partial charge < -0.3 is 4.74 Å². The summed E-state index contributed by atoms with van der Waals surface area (Å²) < 4.78 is 4.55. The standard InChI is InChI=1S/C5H7O/c1-4-5(2)6-3/h1,5H,2H2,3H3. The van der Waals surface area contributed by atoms with Gasteiger partial charge in [0.1, 0.15) is 6.10 Å². The maximum absolute atomic E-state index is 4.85. The van der Waals surface area contributed by atoms with Crippen LogP contribution in [0.5, 0.6) is 0 Å². The van der Waals surface area contributed by atoms with Crippen LogP contribution in [0.2, 0.25) is 0 Å². The third-order valence-corrected chi connectivity index (χ3v) is 0.470. The molecule has 0 spiro atoms. The first kappa shape index (κ1) is 5.52. The van der Waals surface area contributed by atoms with E-state index in [4.69, 9.17) is 6.42 Å². The lowest BCUT2D eigenvalue weighted by Crippen LogP contribution is -1.98. The maximum Gasteiger partial charge on any atom is 0.117 e. The Hall–Kier alpha value is -0.480. The number of methoxy groups -OCH3 is 1. The molecule has 0 aliphatic rings. The fourth-order valence-corrected chi connectivity index (χ4v) is 0.0680. The van der Waals surface area contributed by atoms with E-state index in [1.54, 1.807) is 0 Å². The SMILES string of the molecule is C#CC([CH2])OC. The summed E-state index contributed by atoms with van der Waals surface area (Å²) in [6, 6.07) is 0. The van der Waals surface area contributed by atoms with Crippen molar-refractivity contribution in [3.8, 4) is 12.3 Å². The lowest BCUT2D eigenvalue weighted by molar-refractivity contribution is 0.183. The van der Waals surface area contributed by atoms with Gasteiger partial charge in [-0.25, -0.2) is 0 Å². The van der Waals surface area contributed by atoms with Crippen LogP contribution < -0.4 is 0 Å². The van der Waals surface area contributed by atoms with Gasteiger partial charge in [-0.05, 0) is 6.92 Å². The van der Waals surface area contributed by atoms with Crippen molar-refractivity contribution in [2.75, 3.05) is 7.11 Å². The van der Waals surface area contributed by atoms with E-state index < -0.39 is 0 Å². The fraction of sp³-hybridized carbons (Fsp3) is 0.400. The van der Waals surface area contributed by atoms with Crippen LogP contribution in [-0.4, -0.2) is 13.2 Å². The molecule has 0 saturated heterocycles. The summed E-state index contributed by atoms with van der Waals surface area (Å²) in [5, 5.41) is 0. The highest BCUT2D eigenvalue weighted by molar-refractivity contribution is 4.95. The Balaban J connectivity index is 3.04. The Bertz CT molecular complexity index is 60.8. The first-order chi connectivity index (χ1) is 2.81. The van der Waals surface area contributed by atoms with Crippen LogP contribution in [0.15, 0.2) is 0 Å². The monoisotopic (exact) mass is 83.0 g/mol. The molecule has 0 N–H and O–H groups in total. The van der Waals surface area contributed by atoms with Gasteiger partial charge in [-0.2, -0.15) is 0 Å². The zero-order chi connectivity index (χ0) is 4.99. The lowest BCUT2D eigenvalue weighted by atomic mass is 10.4. The van der Waals surface area contributed by atoms with E-state index in [-0.39, 0.29) is 6.10 Å². The molecule has 1 heteroatoms. The topological polar surface area (TPSA) is 9.23 Å². The summed E-state index contributed by atoms with van der Waals surface area (Å²) in [6.07, 6.45) is 4.56.